The third kappa shape index (κ3) is 3.09. The van der Waals surface area contributed by atoms with Crippen molar-refractivity contribution >= 4 is 27.3 Å². The minimum absolute atomic E-state index is 0.693. The number of hydrogen-bond acceptors (Lipinski definition) is 2. The Hall–Kier alpha value is -0.670. The molecule has 100 valence electrons. The van der Waals surface area contributed by atoms with Crippen molar-refractivity contribution in [2.45, 2.75) is 38.5 Å². The summed E-state index contributed by atoms with van der Waals surface area (Å²) in [5, 5.41) is 3.54. The molecule has 1 heterocycles. The number of rotatable bonds is 2. The van der Waals surface area contributed by atoms with Crippen molar-refractivity contribution in [1.82, 2.24) is 4.98 Å². The van der Waals surface area contributed by atoms with Crippen molar-refractivity contribution in [1.29, 1.82) is 0 Å². The molecule has 1 nitrogen and oxygen atoms in total. The number of aromatic nitrogens is 1. The molecule has 1 aromatic carbocycles. The molecule has 0 bridgehead atoms. The van der Waals surface area contributed by atoms with Gasteiger partial charge in [-0.2, -0.15) is 0 Å². The second-order valence-corrected chi connectivity index (χ2v) is 7.35. The lowest BCUT2D eigenvalue weighted by atomic mass is 9.83. The third-order valence-electron chi connectivity index (χ3n) is 3.95. The molecule has 1 fully saturated rings. The summed E-state index contributed by atoms with van der Waals surface area (Å²) < 4.78 is 1.12. The van der Waals surface area contributed by atoms with Crippen molar-refractivity contribution < 1.29 is 0 Å². The number of benzene rings is 1. The molecular weight excluding hydrogens is 318 g/mol. The molecule has 1 aromatic heterocycles. The van der Waals surface area contributed by atoms with E-state index in [0.29, 0.717) is 5.92 Å². The summed E-state index contributed by atoms with van der Waals surface area (Å²) in [7, 11) is 0. The number of hydrogen-bond donors (Lipinski definition) is 0. The van der Waals surface area contributed by atoms with Crippen molar-refractivity contribution in [2.75, 3.05) is 0 Å². The lowest BCUT2D eigenvalue weighted by Gasteiger charge is -2.24. The number of thiazole rings is 1. The van der Waals surface area contributed by atoms with Gasteiger partial charge in [-0.05, 0) is 30.9 Å². The molecule has 0 radical (unpaired) electrons. The fraction of sp³-hybridized carbons (Fsp3) is 0.438. The summed E-state index contributed by atoms with van der Waals surface area (Å²) in [6.45, 7) is 2.37. The van der Waals surface area contributed by atoms with Crippen LogP contribution >= 0.6 is 27.3 Å². The largest absolute Gasteiger partial charge is 0.241 e. The zero-order chi connectivity index (χ0) is 13.2. The Morgan fingerprint density at radius 3 is 2.74 bits per heavy atom. The number of nitrogens with zero attached hydrogens (tertiary/aromatic N) is 1. The lowest BCUT2D eigenvalue weighted by molar-refractivity contribution is 0.343. The molecule has 0 spiro atoms. The van der Waals surface area contributed by atoms with Crippen LogP contribution in [0.25, 0.3) is 11.3 Å². The second kappa shape index (κ2) is 5.76. The quantitative estimate of drug-likeness (QED) is 0.669. The van der Waals surface area contributed by atoms with Gasteiger partial charge in [0.2, 0.25) is 0 Å². The Bertz CT molecular complexity index is 546. The van der Waals surface area contributed by atoms with Gasteiger partial charge in [0.1, 0.15) is 0 Å². The van der Waals surface area contributed by atoms with Gasteiger partial charge in [-0.3, -0.25) is 0 Å². The van der Waals surface area contributed by atoms with Crippen LogP contribution < -0.4 is 0 Å². The fourth-order valence-corrected chi connectivity index (χ4v) is 4.13. The molecule has 0 amide bonds. The van der Waals surface area contributed by atoms with E-state index in [9.17, 15) is 0 Å². The Morgan fingerprint density at radius 2 is 2.00 bits per heavy atom. The molecule has 0 saturated heterocycles. The van der Waals surface area contributed by atoms with Gasteiger partial charge in [0.05, 0.1) is 10.7 Å². The van der Waals surface area contributed by atoms with Crippen LogP contribution in [0.2, 0.25) is 0 Å². The molecule has 0 N–H and O–H groups in total. The van der Waals surface area contributed by atoms with Gasteiger partial charge in [0.25, 0.3) is 0 Å². The van der Waals surface area contributed by atoms with Crippen LogP contribution in [0.3, 0.4) is 0 Å². The van der Waals surface area contributed by atoms with Gasteiger partial charge in [-0.25, -0.2) is 4.98 Å². The molecule has 1 aliphatic carbocycles. The van der Waals surface area contributed by atoms with Gasteiger partial charge >= 0.3 is 0 Å². The summed E-state index contributed by atoms with van der Waals surface area (Å²) in [6.07, 6.45) is 5.38. The van der Waals surface area contributed by atoms with E-state index in [1.807, 2.05) is 11.3 Å². The maximum absolute atomic E-state index is 4.87. The van der Waals surface area contributed by atoms with Crippen LogP contribution in [0, 0.1) is 5.92 Å². The van der Waals surface area contributed by atoms with E-state index in [1.54, 1.807) is 0 Å². The minimum Gasteiger partial charge on any atom is -0.241 e. The average molecular weight is 336 g/mol. The lowest BCUT2D eigenvalue weighted by Crippen LogP contribution is -2.11. The number of halogens is 1. The van der Waals surface area contributed by atoms with Crippen LogP contribution in [-0.2, 0) is 0 Å². The summed E-state index contributed by atoms with van der Waals surface area (Å²) >= 11 is 5.31. The van der Waals surface area contributed by atoms with Crippen LogP contribution in [0.1, 0.15) is 43.5 Å². The first kappa shape index (κ1) is 13.3. The maximum atomic E-state index is 4.87. The van der Waals surface area contributed by atoms with Crippen molar-refractivity contribution in [3.8, 4) is 11.3 Å². The highest BCUT2D eigenvalue weighted by Gasteiger charge is 2.22. The van der Waals surface area contributed by atoms with Crippen LogP contribution in [0.4, 0.5) is 0 Å². The van der Waals surface area contributed by atoms with Crippen LogP contribution in [0.15, 0.2) is 34.1 Å². The van der Waals surface area contributed by atoms with E-state index in [2.05, 4.69) is 52.5 Å². The summed E-state index contributed by atoms with van der Waals surface area (Å²) in [5.74, 6) is 1.55. The second-order valence-electron chi connectivity index (χ2n) is 5.55. The topological polar surface area (TPSA) is 12.9 Å². The molecule has 1 saturated carbocycles. The molecule has 2 aromatic rings. The van der Waals surface area contributed by atoms with E-state index in [0.717, 1.165) is 16.1 Å². The van der Waals surface area contributed by atoms with E-state index < -0.39 is 0 Å². The SMILES string of the molecule is CC1CCCC(c2nc(-c3ccc(Br)cc3)cs2)C1. The average Bonchev–Trinajstić information content (AvgIpc) is 2.89. The Kier molecular flexibility index (Phi) is 4.04. The maximum Gasteiger partial charge on any atom is 0.0963 e. The van der Waals surface area contributed by atoms with Crippen molar-refractivity contribution in [3.63, 3.8) is 0 Å². The molecule has 3 heteroatoms. The van der Waals surface area contributed by atoms with E-state index in [4.69, 9.17) is 4.98 Å². The van der Waals surface area contributed by atoms with Crippen molar-refractivity contribution in [3.05, 3.63) is 39.1 Å². The molecule has 2 unspecified atom stereocenters. The molecule has 2 atom stereocenters. The van der Waals surface area contributed by atoms with Gasteiger partial charge in [-0.1, -0.05) is 47.8 Å². The summed E-state index contributed by atoms with van der Waals surface area (Å²) in [6, 6.07) is 8.42. The van der Waals surface area contributed by atoms with Crippen molar-refractivity contribution in [2.24, 2.45) is 5.92 Å². The summed E-state index contributed by atoms with van der Waals surface area (Å²) in [4.78, 5) is 4.87. The zero-order valence-corrected chi connectivity index (χ0v) is 13.5. The van der Waals surface area contributed by atoms with Gasteiger partial charge in [0, 0.05) is 21.3 Å². The molecular formula is C16H18BrNS. The highest BCUT2D eigenvalue weighted by Crippen LogP contribution is 2.38. The first-order valence-electron chi connectivity index (χ1n) is 6.94. The van der Waals surface area contributed by atoms with E-state index in [-0.39, 0.29) is 0 Å². The minimum atomic E-state index is 0.693. The zero-order valence-electron chi connectivity index (χ0n) is 11.1. The Labute approximate surface area is 127 Å². The van der Waals surface area contributed by atoms with Gasteiger partial charge in [0.15, 0.2) is 0 Å². The van der Waals surface area contributed by atoms with Gasteiger partial charge < -0.3 is 0 Å². The standard InChI is InChI=1S/C16H18BrNS/c1-11-3-2-4-13(9-11)16-18-15(10-19-16)12-5-7-14(17)8-6-12/h5-8,10-11,13H,2-4,9H2,1H3. The predicted octanol–water partition coefficient (Wildman–Crippen LogP) is 5.87. The Balaban J connectivity index is 1.81. The highest BCUT2D eigenvalue weighted by molar-refractivity contribution is 9.10. The first-order chi connectivity index (χ1) is 9.22. The molecule has 19 heavy (non-hydrogen) atoms. The summed E-state index contributed by atoms with van der Waals surface area (Å²) in [5.41, 5.74) is 2.35. The molecule has 0 aliphatic heterocycles. The molecule has 1 aliphatic rings. The third-order valence-corrected chi connectivity index (χ3v) is 5.48. The monoisotopic (exact) mass is 335 g/mol. The fourth-order valence-electron chi connectivity index (χ4n) is 2.89. The highest BCUT2D eigenvalue weighted by atomic mass is 79.9. The normalized spacial score (nSPS) is 23.5. The van der Waals surface area contributed by atoms with E-state index >= 15 is 0 Å². The molecule has 3 rings (SSSR count). The smallest absolute Gasteiger partial charge is 0.0963 e. The van der Waals surface area contributed by atoms with Crippen LogP contribution in [0.5, 0.6) is 0 Å². The Morgan fingerprint density at radius 1 is 1.21 bits per heavy atom. The predicted molar refractivity (Wildman–Crippen MR) is 85.6 cm³/mol. The van der Waals surface area contributed by atoms with Gasteiger partial charge in [-0.15, -0.1) is 11.3 Å². The first-order valence-corrected chi connectivity index (χ1v) is 8.61. The van der Waals surface area contributed by atoms with E-state index in [1.165, 1.54) is 36.3 Å². The van der Waals surface area contributed by atoms with Crippen LogP contribution in [-0.4, -0.2) is 4.98 Å².